The summed E-state index contributed by atoms with van der Waals surface area (Å²) in [6.45, 7) is 9.41. The maximum absolute atomic E-state index is 2.37. The molecule has 1 atom stereocenters. The molecule has 21 heavy (non-hydrogen) atoms. The average molecular weight is 315 g/mol. The van der Waals surface area contributed by atoms with Gasteiger partial charge in [-0.2, -0.15) is 0 Å². The Morgan fingerprint density at radius 3 is 1.19 bits per heavy atom. The third-order valence-corrected chi connectivity index (χ3v) is 5.85. The number of hydrogen-bond donors (Lipinski definition) is 0. The molecule has 0 nitrogen and oxygen atoms in total. The molecule has 0 rings (SSSR count). The van der Waals surface area contributed by atoms with E-state index in [9.17, 15) is 0 Å². The van der Waals surface area contributed by atoms with Crippen LogP contribution in [0.3, 0.4) is 0 Å². The van der Waals surface area contributed by atoms with E-state index in [-0.39, 0.29) is 0 Å². The summed E-state index contributed by atoms with van der Waals surface area (Å²) in [4.78, 5) is 0. The van der Waals surface area contributed by atoms with Crippen LogP contribution >= 0.6 is 8.58 Å². The van der Waals surface area contributed by atoms with Gasteiger partial charge < -0.3 is 0 Å². The SMILES string of the molecule is CCCCCCCCCCCCCCCCPC(C)(C)C. The molecule has 0 aromatic rings. The molecule has 0 bridgehead atoms. The first-order valence-corrected chi connectivity index (χ1v) is 11.0. The maximum Gasteiger partial charge on any atom is -0.0207 e. The van der Waals surface area contributed by atoms with Crippen LogP contribution in [0.15, 0.2) is 0 Å². The Morgan fingerprint density at radius 1 is 0.524 bits per heavy atom. The second kappa shape index (κ2) is 15.3. The number of unbranched alkanes of at least 4 members (excludes halogenated alkanes) is 13. The van der Waals surface area contributed by atoms with E-state index in [0.717, 1.165) is 8.58 Å². The van der Waals surface area contributed by atoms with Crippen molar-refractivity contribution in [1.82, 2.24) is 0 Å². The summed E-state index contributed by atoms with van der Waals surface area (Å²) in [5.41, 5.74) is 0. The molecule has 0 spiro atoms. The lowest BCUT2D eigenvalue weighted by Gasteiger charge is -2.17. The summed E-state index contributed by atoms with van der Waals surface area (Å²) < 4.78 is 0. The molecule has 1 unspecified atom stereocenters. The first kappa shape index (κ1) is 21.4. The molecule has 0 amide bonds. The highest BCUT2D eigenvalue weighted by molar-refractivity contribution is 7.39. The van der Waals surface area contributed by atoms with Gasteiger partial charge >= 0.3 is 0 Å². The monoisotopic (exact) mass is 314 g/mol. The zero-order chi connectivity index (χ0) is 15.8. The fourth-order valence-corrected chi connectivity index (χ4v) is 3.96. The fourth-order valence-electron chi connectivity index (χ4n) is 2.78. The Bertz CT molecular complexity index is 193. The standard InChI is InChI=1S/C20H43P/c1-5-6-7-8-9-10-11-12-13-14-15-16-17-18-19-21-20(2,3)4/h21H,5-19H2,1-4H3. The van der Waals surface area contributed by atoms with Gasteiger partial charge in [-0.25, -0.2) is 0 Å². The molecule has 128 valence electrons. The van der Waals surface area contributed by atoms with Crippen LogP contribution in [0.5, 0.6) is 0 Å². The highest BCUT2D eigenvalue weighted by atomic mass is 31.1. The molecule has 0 aliphatic heterocycles. The highest BCUT2D eigenvalue weighted by Gasteiger charge is 2.08. The minimum atomic E-state index is 0.566. The number of hydrogen-bond acceptors (Lipinski definition) is 0. The van der Waals surface area contributed by atoms with E-state index in [1.807, 2.05) is 0 Å². The third-order valence-electron chi connectivity index (χ3n) is 4.19. The van der Waals surface area contributed by atoms with E-state index < -0.39 is 0 Å². The lowest BCUT2D eigenvalue weighted by molar-refractivity contribution is 0.538. The summed E-state index contributed by atoms with van der Waals surface area (Å²) in [5, 5.41) is 0.566. The molecule has 0 heterocycles. The second-order valence-corrected chi connectivity index (χ2v) is 10.1. The van der Waals surface area contributed by atoms with Crippen molar-refractivity contribution in [1.29, 1.82) is 0 Å². The average Bonchev–Trinajstić information content (AvgIpc) is 2.42. The van der Waals surface area contributed by atoms with Gasteiger partial charge in [0.2, 0.25) is 0 Å². The Morgan fingerprint density at radius 2 is 0.857 bits per heavy atom. The van der Waals surface area contributed by atoms with Gasteiger partial charge in [0.25, 0.3) is 0 Å². The molecule has 0 aliphatic rings. The third kappa shape index (κ3) is 20.4. The Kier molecular flexibility index (Phi) is 15.6. The van der Waals surface area contributed by atoms with Crippen molar-refractivity contribution in [3.63, 3.8) is 0 Å². The van der Waals surface area contributed by atoms with Crippen LogP contribution in [0.4, 0.5) is 0 Å². The molecule has 0 fully saturated rings. The van der Waals surface area contributed by atoms with Gasteiger partial charge in [0, 0.05) is 0 Å². The normalized spacial score (nSPS) is 12.6. The zero-order valence-electron chi connectivity index (χ0n) is 15.6. The van der Waals surface area contributed by atoms with Gasteiger partial charge in [-0.15, -0.1) is 8.58 Å². The summed E-state index contributed by atoms with van der Waals surface area (Å²) in [6.07, 6.45) is 22.0. The van der Waals surface area contributed by atoms with Crippen molar-refractivity contribution in [2.24, 2.45) is 0 Å². The van der Waals surface area contributed by atoms with E-state index in [0.29, 0.717) is 5.16 Å². The van der Waals surface area contributed by atoms with Crippen LogP contribution in [-0.4, -0.2) is 11.3 Å². The number of rotatable bonds is 15. The fraction of sp³-hybridized carbons (Fsp3) is 1.00. The molecule has 0 radical (unpaired) electrons. The van der Waals surface area contributed by atoms with Crippen LogP contribution in [0.1, 0.15) is 118 Å². The quantitative estimate of drug-likeness (QED) is 0.212. The van der Waals surface area contributed by atoms with E-state index in [1.165, 1.54) is 96.1 Å². The topological polar surface area (TPSA) is 0 Å². The maximum atomic E-state index is 2.37. The molecule has 0 N–H and O–H groups in total. The van der Waals surface area contributed by atoms with Gasteiger partial charge in [-0.3, -0.25) is 0 Å². The van der Waals surface area contributed by atoms with Crippen LogP contribution in [-0.2, 0) is 0 Å². The molecule has 1 heteroatoms. The minimum Gasteiger partial charge on any atom is -0.117 e. The summed E-state index contributed by atoms with van der Waals surface area (Å²) in [7, 11) is 1.15. The van der Waals surface area contributed by atoms with Gasteiger partial charge in [-0.1, -0.05) is 111 Å². The molecule has 0 aliphatic carbocycles. The van der Waals surface area contributed by atoms with E-state index in [2.05, 4.69) is 27.7 Å². The Balaban J connectivity index is 3.00. The largest absolute Gasteiger partial charge is 0.117 e. The van der Waals surface area contributed by atoms with Crippen molar-refractivity contribution in [3.05, 3.63) is 0 Å². The van der Waals surface area contributed by atoms with Crippen LogP contribution in [0.25, 0.3) is 0 Å². The predicted octanol–water partition coefficient (Wildman–Crippen LogP) is 7.94. The van der Waals surface area contributed by atoms with Gasteiger partial charge in [-0.05, 0) is 17.7 Å². The molecule has 0 saturated carbocycles. The van der Waals surface area contributed by atoms with Crippen molar-refractivity contribution in [2.45, 2.75) is 123 Å². The molecular formula is C20H43P. The molecule has 0 aromatic heterocycles. The van der Waals surface area contributed by atoms with Crippen molar-refractivity contribution in [3.8, 4) is 0 Å². The highest BCUT2D eigenvalue weighted by Crippen LogP contribution is 2.31. The molecular weight excluding hydrogens is 271 g/mol. The van der Waals surface area contributed by atoms with E-state index in [1.54, 1.807) is 0 Å². The smallest absolute Gasteiger partial charge is 0.0207 e. The lowest BCUT2D eigenvalue weighted by atomic mass is 10.0. The zero-order valence-corrected chi connectivity index (χ0v) is 16.6. The molecule has 0 saturated heterocycles. The molecule has 0 aromatic carbocycles. The summed E-state index contributed by atoms with van der Waals surface area (Å²) in [5.74, 6) is 0. The van der Waals surface area contributed by atoms with Gasteiger partial charge in [0.05, 0.1) is 0 Å². The Labute approximate surface area is 138 Å². The van der Waals surface area contributed by atoms with Crippen molar-refractivity contribution < 1.29 is 0 Å². The second-order valence-electron chi connectivity index (χ2n) is 7.77. The van der Waals surface area contributed by atoms with Crippen molar-refractivity contribution >= 4 is 8.58 Å². The van der Waals surface area contributed by atoms with Crippen molar-refractivity contribution in [2.75, 3.05) is 6.16 Å². The van der Waals surface area contributed by atoms with Gasteiger partial charge in [0.1, 0.15) is 0 Å². The van der Waals surface area contributed by atoms with E-state index >= 15 is 0 Å². The summed E-state index contributed by atoms with van der Waals surface area (Å²) >= 11 is 0. The van der Waals surface area contributed by atoms with E-state index in [4.69, 9.17) is 0 Å². The first-order valence-electron chi connectivity index (χ1n) is 9.81. The Hall–Kier alpha value is 0.430. The first-order chi connectivity index (χ1) is 10.1. The minimum absolute atomic E-state index is 0.566. The van der Waals surface area contributed by atoms with Crippen LogP contribution in [0, 0.1) is 0 Å². The van der Waals surface area contributed by atoms with Gasteiger partial charge in [0.15, 0.2) is 0 Å². The van der Waals surface area contributed by atoms with Crippen LogP contribution in [0.2, 0.25) is 0 Å². The summed E-state index contributed by atoms with van der Waals surface area (Å²) in [6, 6.07) is 0. The lowest BCUT2D eigenvalue weighted by Crippen LogP contribution is -2.05. The predicted molar refractivity (Wildman–Crippen MR) is 103 cm³/mol. The van der Waals surface area contributed by atoms with Crippen LogP contribution < -0.4 is 0 Å².